The Kier molecular flexibility index (Phi) is 7.55. The summed E-state index contributed by atoms with van der Waals surface area (Å²) in [5.74, 6) is 1.46. The fourth-order valence-electron chi connectivity index (χ4n) is 3.87. The summed E-state index contributed by atoms with van der Waals surface area (Å²) in [6.07, 6.45) is 2.66. The van der Waals surface area contributed by atoms with Gasteiger partial charge in [-0.05, 0) is 74.1 Å². The molecule has 2 aromatic carbocycles. The van der Waals surface area contributed by atoms with Gasteiger partial charge in [0.1, 0.15) is 0 Å². The first-order chi connectivity index (χ1) is 14.9. The van der Waals surface area contributed by atoms with Crippen LogP contribution in [-0.2, 0) is 11.2 Å². The van der Waals surface area contributed by atoms with E-state index in [0.717, 1.165) is 24.0 Å². The van der Waals surface area contributed by atoms with E-state index in [0.29, 0.717) is 43.0 Å². The lowest BCUT2D eigenvalue weighted by Crippen LogP contribution is -2.46. The van der Waals surface area contributed by atoms with E-state index in [-0.39, 0.29) is 17.9 Å². The summed E-state index contributed by atoms with van der Waals surface area (Å²) in [4.78, 5) is 27.1. The first kappa shape index (κ1) is 22.7. The number of carbonyl (C=O) groups excluding carboxylic acids is 2. The summed E-state index contributed by atoms with van der Waals surface area (Å²) < 4.78 is 10.6. The van der Waals surface area contributed by atoms with Crippen LogP contribution in [0.3, 0.4) is 0 Å². The Morgan fingerprint density at radius 3 is 2.32 bits per heavy atom. The third kappa shape index (κ3) is 5.78. The minimum absolute atomic E-state index is 0.0404. The summed E-state index contributed by atoms with van der Waals surface area (Å²) in [7, 11) is 3.21. The molecule has 1 aliphatic heterocycles. The molecule has 0 aliphatic carbocycles. The Morgan fingerprint density at radius 2 is 1.68 bits per heavy atom. The number of hydrogen-bond acceptors (Lipinski definition) is 4. The molecule has 6 heteroatoms. The molecule has 0 spiro atoms. The van der Waals surface area contributed by atoms with Crippen LogP contribution in [0, 0.1) is 13.8 Å². The number of nitrogens with zero attached hydrogens (tertiary/aromatic N) is 1. The Hall–Kier alpha value is -3.02. The summed E-state index contributed by atoms with van der Waals surface area (Å²) in [6, 6.07) is 11.6. The van der Waals surface area contributed by atoms with E-state index in [9.17, 15) is 9.59 Å². The quantitative estimate of drug-likeness (QED) is 0.736. The van der Waals surface area contributed by atoms with Gasteiger partial charge in [-0.1, -0.05) is 12.1 Å². The molecule has 1 heterocycles. The van der Waals surface area contributed by atoms with Crippen LogP contribution in [0.15, 0.2) is 36.4 Å². The number of carbonyl (C=O) groups is 2. The van der Waals surface area contributed by atoms with E-state index in [1.54, 1.807) is 14.2 Å². The third-order valence-electron chi connectivity index (χ3n) is 6.03. The van der Waals surface area contributed by atoms with Gasteiger partial charge in [-0.3, -0.25) is 9.59 Å². The normalized spacial score (nSPS) is 14.3. The zero-order valence-corrected chi connectivity index (χ0v) is 18.9. The van der Waals surface area contributed by atoms with Crippen LogP contribution in [0.1, 0.15) is 46.3 Å². The lowest BCUT2D eigenvalue weighted by molar-refractivity contribution is -0.132. The predicted molar refractivity (Wildman–Crippen MR) is 121 cm³/mol. The van der Waals surface area contributed by atoms with Crippen molar-refractivity contribution in [3.63, 3.8) is 0 Å². The van der Waals surface area contributed by atoms with Crippen molar-refractivity contribution in [3.05, 3.63) is 58.7 Å². The second kappa shape index (κ2) is 10.3. The van der Waals surface area contributed by atoms with E-state index in [2.05, 4.69) is 5.32 Å². The predicted octanol–water partition coefficient (Wildman–Crippen LogP) is 3.67. The minimum atomic E-state index is -0.0404. The maximum absolute atomic E-state index is 12.7. The molecule has 0 saturated carbocycles. The highest BCUT2D eigenvalue weighted by atomic mass is 16.5. The molecule has 0 atom stereocenters. The molecular formula is C25H32N2O4. The fourth-order valence-corrected chi connectivity index (χ4v) is 3.87. The summed E-state index contributed by atoms with van der Waals surface area (Å²) in [5, 5.41) is 3.12. The molecule has 1 N–H and O–H groups in total. The third-order valence-corrected chi connectivity index (χ3v) is 6.03. The van der Waals surface area contributed by atoms with Crippen molar-refractivity contribution in [3.8, 4) is 11.5 Å². The molecule has 3 rings (SSSR count). The van der Waals surface area contributed by atoms with Crippen molar-refractivity contribution in [2.75, 3.05) is 27.3 Å². The molecule has 1 aliphatic rings. The van der Waals surface area contributed by atoms with Crippen molar-refractivity contribution < 1.29 is 19.1 Å². The molecule has 31 heavy (non-hydrogen) atoms. The first-order valence-corrected chi connectivity index (χ1v) is 10.8. The zero-order valence-electron chi connectivity index (χ0n) is 18.9. The Balaban J connectivity index is 1.46. The van der Waals surface area contributed by atoms with Crippen molar-refractivity contribution in [2.24, 2.45) is 0 Å². The summed E-state index contributed by atoms with van der Waals surface area (Å²) in [5.41, 5.74) is 4.03. The second-order valence-corrected chi connectivity index (χ2v) is 8.12. The Labute approximate surface area is 184 Å². The number of methoxy groups -OCH3 is 2. The Bertz CT molecular complexity index is 933. The van der Waals surface area contributed by atoms with E-state index in [1.165, 1.54) is 5.56 Å². The SMILES string of the molecule is COc1ccc(CCC(=O)N2CCC(NC(=O)c3ccc(C)c(C)c3)CC2)cc1OC. The van der Waals surface area contributed by atoms with E-state index < -0.39 is 0 Å². The van der Waals surface area contributed by atoms with Gasteiger partial charge in [0.15, 0.2) is 11.5 Å². The average Bonchev–Trinajstić information content (AvgIpc) is 2.79. The highest BCUT2D eigenvalue weighted by Crippen LogP contribution is 2.28. The molecule has 166 valence electrons. The molecule has 0 radical (unpaired) electrons. The van der Waals surface area contributed by atoms with Gasteiger partial charge in [0.05, 0.1) is 14.2 Å². The number of nitrogens with one attached hydrogen (secondary N) is 1. The average molecular weight is 425 g/mol. The topological polar surface area (TPSA) is 67.9 Å². The van der Waals surface area contributed by atoms with Crippen LogP contribution >= 0.6 is 0 Å². The lowest BCUT2D eigenvalue weighted by atomic mass is 10.0. The van der Waals surface area contributed by atoms with Crippen molar-refractivity contribution in [2.45, 2.75) is 45.6 Å². The number of amides is 2. The minimum Gasteiger partial charge on any atom is -0.493 e. The van der Waals surface area contributed by atoms with Gasteiger partial charge in [-0.2, -0.15) is 0 Å². The molecule has 0 unspecified atom stereocenters. The van der Waals surface area contributed by atoms with Gasteiger partial charge in [-0.25, -0.2) is 0 Å². The number of aryl methyl sites for hydroxylation is 3. The summed E-state index contributed by atoms with van der Waals surface area (Å²) in [6.45, 7) is 5.39. The van der Waals surface area contributed by atoms with E-state index in [4.69, 9.17) is 9.47 Å². The van der Waals surface area contributed by atoms with Crippen molar-refractivity contribution >= 4 is 11.8 Å². The number of ether oxygens (including phenoxy) is 2. The number of likely N-dealkylation sites (tertiary alicyclic amines) is 1. The van der Waals surface area contributed by atoms with Gasteiger partial charge >= 0.3 is 0 Å². The zero-order chi connectivity index (χ0) is 22.4. The van der Waals surface area contributed by atoms with Crippen molar-refractivity contribution in [1.29, 1.82) is 0 Å². The number of benzene rings is 2. The van der Waals surface area contributed by atoms with Crippen LogP contribution in [0.4, 0.5) is 0 Å². The molecule has 6 nitrogen and oxygen atoms in total. The molecule has 0 bridgehead atoms. The fraction of sp³-hybridized carbons (Fsp3) is 0.440. The maximum atomic E-state index is 12.7. The summed E-state index contributed by atoms with van der Waals surface area (Å²) >= 11 is 0. The molecule has 1 fully saturated rings. The smallest absolute Gasteiger partial charge is 0.251 e. The van der Waals surface area contributed by atoms with Gasteiger partial charge in [-0.15, -0.1) is 0 Å². The highest BCUT2D eigenvalue weighted by molar-refractivity contribution is 5.94. The number of rotatable bonds is 7. The van der Waals surface area contributed by atoms with Gasteiger partial charge < -0.3 is 19.7 Å². The lowest BCUT2D eigenvalue weighted by Gasteiger charge is -2.32. The largest absolute Gasteiger partial charge is 0.493 e. The van der Waals surface area contributed by atoms with Gasteiger partial charge in [0.25, 0.3) is 5.91 Å². The van der Waals surface area contributed by atoms with E-state index in [1.807, 2.05) is 55.1 Å². The molecule has 2 amide bonds. The Morgan fingerprint density at radius 1 is 0.968 bits per heavy atom. The van der Waals surface area contributed by atoms with Gasteiger partial charge in [0.2, 0.25) is 5.91 Å². The van der Waals surface area contributed by atoms with Crippen LogP contribution in [0.5, 0.6) is 11.5 Å². The highest BCUT2D eigenvalue weighted by Gasteiger charge is 2.24. The monoisotopic (exact) mass is 424 g/mol. The van der Waals surface area contributed by atoms with Crippen LogP contribution < -0.4 is 14.8 Å². The first-order valence-electron chi connectivity index (χ1n) is 10.8. The van der Waals surface area contributed by atoms with Gasteiger partial charge in [0, 0.05) is 31.1 Å². The number of piperidine rings is 1. The molecule has 0 aromatic heterocycles. The maximum Gasteiger partial charge on any atom is 0.251 e. The van der Waals surface area contributed by atoms with Crippen LogP contribution in [-0.4, -0.2) is 50.1 Å². The van der Waals surface area contributed by atoms with Crippen molar-refractivity contribution in [1.82, 2.24) is 10.2 Å². The van der Waals surface area contributed by atoms with Crippen LogP contribution in [0.25, 0.3) is 0 Å². The molecular weight excluding hydrogens is 392 g/mol. The standard InChI is InChI=1S/C25H32N2O4/c1-17-5-8-20(15-18(17)2)25(29)26-21-11-13-27(14-12-21)24(28)10-7-19-6-9-22(30-3)23(16-19)31-4/h5-6,8-9,15-16,21H,7,10-14H2,1-4H3,(H,26,29). The molecule has 1 saturated heterocycles. The number of hydrogen-bond donors (Lipinski definition) is 1. The van der Waals surface area contributed by atoms with E-state index >= 15 is 0 Å². The van der Waals surface area contributed by atoms with Crippen LogP contribution in [0.2, 0.25) is 0 Å². The second-order valence-electron chi connectivity index (χ2n) is 8.12. The molecule has 2 aromatic rings.